The lowest BCUT2D eigenvalue weighted by Crippen LogP contribution is -2.26. The molecule has 0 radical (unpaired) electrons. The molecule has 2 rings (SSSR count). The number of benzene rings is 1. The normalized spacial score (nSPS) is 19.1. The van der Waals surface area contributed by atoms with Crippen molar-refractivity contribution < 1.29 is 9.90 Å². The van der Waals surface area contributed by atoms with E-state index in [0.717, 1.165) is 16.3 Å². The van der Waals surface area contributed by atoms with Gasteiger partial charge in [-0.3, -0.25) is 4.79 Å². The average Bonchev–Trinajstić information content (AvgIpc) is 2.62. The van der Waals surface area contributed by atoms with Gasteiger partial charge in [-0.25, -0.2) is 0 Å². The quantitative estimate of drug-likeness (QED) is 0.901. The molecule has 1 heterocycles. The second kappa shape index (κ2) is 4.54. The largest absolute Gasteiger partial charge is 0.481 e. The van der Waals surface area contributed by atoms with Gasteiger partial charge in [0.15, 0.2) is 0 Å². The molecule has 0 aliphatic carbocycles. The Hall–Kier alpha value is -0.670. The number of carbonyl (C=O) groups is 1. The lowest BCUT2D eigenvalue weighted by molar-refractivity contribution is -0.147. The molecule has 0 amide bonds. The smallest absolute Gasteiger partial charge is 0.309 e. The second-order valence-corrected chi connectivity index (χ2v) is 6.52. The van der Waals surface area contributed by atoms with Gasteiger partial charge in [0, 0.05) is 15.7 Å². The monoisotopic (exact) mass is 270 g/mol. The number of fused-ring (bicyclic) bond motifs is 1. The van der Waals surface area contributed by atoms with Gasteiger partial charge in [0.05, 0.1) is 5.41 Å². The van der Waals surface area contributed by atoms with Crippen LogP contribution in [0.1, 0.15) is 31.7 Å². The van der Waals surface area contributed by atoms with Crippen LogP contribution in [-0.2, 0) is 4.79 Å². The van der Waals surface area contributed by atoms with E-state index in [1.807, 2.05) is 12.1 Å². The van der Waals surface area contributed by atoms with E-state index in [4.69, 9.17) is 11.6 Å². The van der Waals surface area contributed by atoms with Gasteiger partial charge < -0.3 is 5.11 Å². The Balaban J connectivity index is 2.26. The topological polar surface area (TPSA) is 37.3 Å². The molecule has 0 saturated heterocycles. The summed E-state index contributed by atoms with van der Waals surface area (Å²) < 4.78 is 0. The third-order valence-corrected chi connectivity index (χ3v) is 4.76. The van der Waals surface area contributed by atoms with Gasteiger partial charge in [-0.1, -0.05) is 17.7 Å². The lowest BCUT2D eigenvalue weighted by atomic mass is 9.81. The summed E-state index contributed by atoms with van der Waals surface area (Å²) >= 11 is 7.98. The van der Waals surface area contributed by atoms with E-state index in [1.165, 1.54) is 4.90 Å². The number of hydrogen-bond donors (Lipinski definition) is 1. The van der Waals surface area contributed by atoms with E-state index in [1.54, 1.807) is 25.6 Å². The highest BCUT2D eigenvalue weighted by atomic mass is 35.5. The fourth-order valence-electron chi connectivity index (χ4n) is 2.18. The van der Waals surface area contributed by atoms with Gasteiger partial charge in [0.25, 0.3) is 0 Å². The molecule has 0 spiro atoms. The molecule has 0 fully saturated rings. The molecule has 0 aromatic heterocycles. The Kier molecular flexibility index (Phi) is 3.41. The summed E-state index contributed by atoms with van der Waals surface area (Å²) in [5, 5.41) is 9.94. The van der Waals surface area contributed by atoms with Gasteiger partial charge in [-0.05, 0) is 43.9 Å². The third kappa shape index (κ3) is 2.45. The Morgan fingerprint density at radius 1 is 1.59 bits per heavy atom. The standard InChI is InChI=1S/C13H15ClO2S/c1-13(2,12(15)16)6-8-7-17-10-5-3-4-9(14)11(8)10/h3-5,8H,6-7H2,1-2H3,(H,15,16). The molecule has 0 bridgehead atoms. The minimum atomic E-state index is -0.747. The molecule has 1 unspecified atom stereocenters. The maximum absolute atomic E-state index is 11.2. The Labute approximate surface area is 110 Å². The SMILES string of the molecule is CC(C)(CC1CSc2cccc(Cl)c21)C(=O)O. The van der Waals surface area contributed by atoms with Crippen molar-refractivity contribution >= 4 is 29.3 Å². The highest BCUT2D eigenvalue weighted by Crippen LogP contribution is 2.47. The van der Waals surface area contributed by atoms with Crippen LogP contribution in [0.3, 0.4) is 0 Å². The molecule has 4 heteroatoms. The molecular weight excluding hydrogens is 256 g/mol. The van der Waals surface area contributed by atoms with E-state index < -0.39 is 11.4 Å². The first-order valence-corrected chi connectivity index (χ1v) is 6.93. The Bertz CT molecular complexity index is 457. The molecule has 1 aromatic carbocycles. The Morgan fingerprint density at radius 2 is 2.29 bits per heavy atom. The van der Waals surface area contributed by atoms with Crippen molar-refractivity contribution in [2.45, 2.75) is 31.1 Å². The highest BCUT2D eigenvalue weighted by molar-refractivity contribution is 7.99. The predicted octanol–water partition coefficient (Wildman–Crippen LogP) is 4.03. The zero-order valence-electron chi connectivity index (χ0n) is 9.87. The van der Waals surface area contributed by atoms with Gasteiger partial charge in [-0.2, -0.15) is 0 Å². The van der Waals surface area contributed by atoms with Gasteiger partial charge in [0.1, 0.15) is 0 Å². The van der Waals surface area contributed by atoms with Gasteiger partial charge >= 0.3 is 5.97 Å². The van der Waals surface area contributed by atoms with Crippen LogP contribution in [0.2, 0.25) is 5.02 Å². The summed E-state index contributed by atoms with van der Waals surface area (Å²) in [6.07, 6.45) is 0.631. The van der Waals surface area contributed by atoms with E-state index in [0.29, 0.717) is 6.42 Å². The molecule has 1 aromatic rings. The number of rotatable bonds is 3. The number of thioether (sulfide) groups is 1. The minimum Gasteiger partial charge on any atom is -0.481 e. The summed E-state index contributed by atoms with van der Waals surface area (Å²) in [6, 6.07) is 5.88. The molecule has 2 nitrogen and oxygen atoms in total. The van der Waals surface area contributed by atoms with Crippen molar-refractivity contribution in [1.82, 2.24) is 0 Å². The number of carboxylic acids is 1. The van der Waals surface area contributed by atoms with Crippen LogP contribution in [0.15, 0.2) is 23.1 Å². The van der Waals surface area contributed by atoms with Crippen LogP contribution in [0, 0.1) is 5.41 Å². The number of carboxylic acid groups (broad SMARTS) is 1. The number of halogens is 1. The van der Waals surface area contributed by atoms with Crippen molar-refractivity contribution in [1.29, 1.82) is 0 Å². The van der Waals surface area contributed by atoms with E-state index in [-0.39, 0.29) is 5.92 Å². The minimum absolute atomic E-state index is 0.245. The van der Waals surface area contributed by atoms with Crippen molar-refractivity contribution in [2.24, 2.45) is 5.41 Å². The molecule has 1 aliphatic heterocycles. The number of hydrogen-bond acceptors (Lipinski definition) is 2. The third-order valence-electron chi connectivity index (χ3n) is 3.20. The van der Waals surface area contributed by atoms with Crippen molar-refractivity contribution in [3.63, 3.8) is 0 Å². The fraction of sp³-hybridized carbons (Fsp3) is 0.462. The molecular formula is C13H15ClO2S. The van der Waals surface area contributed by atoms with Crippen LogP contribution < -0.4 is 0 Å². The summed E-state index contributed by atoms with van der Waals surface area (Å²) in [4.78, 5) is 12.4. The predicted molar refractivity (Wildman–Crippen MR) is 71.0 cm³/mol. The Morgan fingerprint density at radius 3 is 2.94 bits per heavy atom. The summed E-state index contributed by atoms with van der Waals surface area (Å²) in [6.45, 7) is 3.55. The lowest BCUT2D eigenvalue weighted by Gasteiger charge is -2.23. The maximum atomic E-state index is 11.2. The summed E-state index contributed by atoms with van der Waals surface area (Å²) in [5.41, 5.74) is 0.430. The molecule has 1 N–H and O–H groups in total. The van der Waals surface area contributed by atoms with E-state index in [9.17, 15) is 9.90 Å². The van der Waals surface area contributed by atoms with Crippen molar-refractivity contribution in [2.75, 3.05) is 5.75 Å². The second-order valence-electron chi connectivity index (χ2n) is 5.05. The first-order valence-electron chi connectivity index (χ1n) is 5.56. The molecule has 1 atom stereocenters. The molecule has 17 heavy (non-hydrogen) atoms. The average molecular weight is 271 g/mol. The van der Waals surface area contributed by atoms with Crippen molar-refractivity contribution in [3.8, 4) is 0 Å². The van der Waals surface area contributed by atoms with E-state index in [2.05, 4.69) is 6.07 Å². The fourth-order valence-corrected chi connectivity index (χ4v) is 3.83. The molecule has 0 saturated carbocycles. The summed E-state index contributed by atoms with van der Waals surface area (Å²) in [5.74, 6) is 0.424. The zero-order valence-corrected chi connectivity index (χ0v) is 11.4. The molecule has 1 aliphatic rings. The van der Waals surface area contributed by atoms with Gasteiger partial charge in [-0.15, -0.1) is 11.8 Å². The van der Waals surface area contributed by atoms with E-state index >= 15 is 0 Å². The van der Waals surface area contributed by atoms with Crippen LogP contribution in [0.25, 0.3) is 0 Å². The van der Waals surface area contributed by atoms with Crippen molar-refractivity contribution in [3.05, 3.63) is 28.8 Å². The summed E-state index contributed by atoms with van der Waals surface area (Å²) in [7, 11) is 0. The maximum Gasteiger partial charge on any atom is 0.309 e. The first kappa shape index (κ1) is 12.8. The van der Waals surface area contributed by atoms with Crippen LogP contribution in [0.5, 0.6) is 0 Å². The number of aliphatic carboxylic acids is 1. The van der Waals surface area contributed by atoms with Crippen LogP contribution in [0.4, 0.5) is 0 Å². The van der Waals surface area contributed by atoms with Crippen LogP contribution >= 0.6 is 23.4 Å². The van der Waals surface area contributed by atoms with Crippen LogP contribution in [-0.4, -0.2) is 16.8 Å². The first-order chi connectivity index (χ1) is 7.92. The van der Waals surface area contributed by atoms with Gasteiger partial charge in [0.2, 0.25) is 0 Å². The zero-order chi connectivity index (χ0) is 12.6. The highest BCUT2D eigenvalue weighted by Gasteiger charge is 2.35. The molecule has 92 valence electrons.